The molecule has 1 unspecified atom stereocenters. The van der Waals surface area contributed by atoms with Gasteiger partial charge >= 0.3 is 0 Å². The van der Waals surface area contributed by atoms with E-state index in [1.807, 2.05) is 51.1 Å². The number of hydrogen-bond acceptors (Lipinski definition) is 3. The number of fused-ring (bicyclic) bond motifs is 2. The topological polar surface area (TPSA) is 38.3 Å². The number of ether oxygens (including phenoxy) is 1. The van der Waals surface area contributed by atoms with E-state index in [-0.39, 0.29) is 11.2 Å². The molecule has 112 valence electrons. The zero-order valence-corrected chi connectivity index (χ0v) is 13.1. The minimum Gasteiger partial charge on any atom is -0.462 e. The van der Waals surface area contributed by atoms with Crippen LogP contribution in [0.4, 0.5) is 5.69 Å². The number of hydrogen-bond donors (Lipinski definition) is 1. The molecule has 0 radical (unpaired) electrons. The van der Waals surface area contributed by atoms with Crippen molar-refractivity contribution in [2.24, 2.45) is 5.41 Å². The maximum absolute atomic E-state index is 12.5. The van der Waals surface area contributed by atoms with Crippen molar-refractivity contribution in [2.45, 2.75) is 32.9 Å². The van der Waals surface area contributed by atoms with Gasteiger partial charge in [0.25, 0.3) is 0 Å². The first-order valence-corrected chi connectivity index (χ1v) is 7.63. The van der Waals surface area contributed by atoms with Crippen LogP contribution in [0.25, 0.3) is 0 Å². The van der Waals surface area contributed by atoms with E-state index in [9.17, 15) is 4.79 Å². The molecule has 0 bridgehead atoms. The van der Waals surface area contributed by atoms with E-state index < -0.39 is 5.72 Å². The van der Waals surface area contributed by atoms with Gasteiger partial charge in [-0.2, -0.15) is 0 Å². The molecule has 1 aliphatic carbocycles. The normalized spacial score (nSPS) is 24.4. The summed E-state index contributed by atoms with van der Waals surface area (Å²) in [4.78, 5) is 12.5. The van der Waals surface area contributed by atoms with Gasteiger partial charge in [0.1, 0.15) is 5.75 Å². The van der Waals surface area contributed by atoms with Crippen LogP contribution >= 0.6 is 0 Å². The summed E-state index contributed by atoms with van der Waals surface area (Å²) in [5, 5.41) is 3.42. The highest BCUT2D eigenvalue weighted by Gasteiger charge is 2.40. The molecule has 3 nitrogen and oxygen atoms in total. The Bertz CT molecular complexity index is 767. The molecule has 0 saturated heterocycles. The smallest absolute Gasteiger partial charge is 0.204 e. The van der Waals surface area contributed by atoms with Gasteiger partial charge in [-0.1, -0.05) is 38.1 Å². The van der Waals surface area contributed by atoms with Crippen LogP contribution in [0.1, 0.15) is 42.3 Å². The predicted octanol–water partition coefficient (Wildman–Crippen LogP) is 4.13. The Morgan fingerprint density at radius 3 is 2.64 bits per heavy atom. The van der Waals surface area contributed by atoms with Crippen molar-refractivity contribution in [3.05, 3.63) is 59.2 Å². The average molecular weight is 293 g/mol. The van der Waals surface area contributed by atoms with Crippen LogP contribution in [-0.4, -0.2) is 5.78 Å². The standard InChI is InChI=1S/C19H19NO2/c1-18(2)11-12-8-9-13(10-14(12)17(18)21)19(3)20-15-6-4-5-7-16(15)22-19/h4-10,20H,11H2,1-3H3. The maximum atomic E-state index is 12.5. The van der Waals surface area contributed by atoms with Gasteiger partial charge in [-0.05, 0) is 37.1 Å². The monoisotopic (exact) mass is 293 g/mol. The Morgan fingerprint density at radius 2 is 1.86 bits per heavy atom. The molecule has 3 heteroatoms. The van der Waals surface area contributed by atoms with Crippen molar-refractivity contribution in [1.29, 1.82) is 0 Å². The molecule has 4 rings (SSSR count). The number of benzene rings is 2. The van der Waals surface area contributed by atoms with Gasteiger partial charge in [0.05, 0.1) is 5.69 Å². The van der Waals surface area contributed by atoms with Crippen LogP contribution in [0.15, 0.2) is 42.5 Å². The fourth-order valence-corrected chi connectivity index (χ4v) is 3.45. The Balaban J connectivity index is 1.75. The highest BCUT2D eigenvalue weighted by atomic mass is 16.5. The fraction of sp³-hybridized carbons (Fsp3) is 0.316. The van der Waals surface area contributed by atoms with E-state index in [1.165, 1.54) is 0 Å². The maximum Gasteiger partial charge on any atom is 0.204 e. The van der Waals surface area contributed by atoms with Crippen LogP contribution in [0.5, 0.6) is 5.75 Å². The summed E-state index contributed by atoms with van der Waals surface area (Å²) >= 11 is 0. The van der Waals surface area contributed by atoms with E-state index in [2.05, 4.69) is 17.4 Å². The third-order valence-corrected chi connectivity index (χ3v) is 4.73. The van der Waals surface area contributed by atoms with E-state index in [0.717, 1.165) is 34.5 Å². The SMILES string of the molecule is CC1(C)Cc2ccc(C3(C)Nc4ccccc4O3)cc2C1=O. The van der Waals surface area contributed by atoms with Crippen molar-refractivity contribution in [1.82, 2.24) is 0 Å². The summed E-state index contributed by atoms with van der Waals surface area (Å²) in [6.45, 7) is 6.02. The molecule has 1 heterocycles. The second-order valence-corrected chi connectivity index (χ2v) is 7.02. The minimum absolute atomic E-state index is 0.225. The molecule has 1 N–H and O–H groups in total. The van der Waals surface area contributed by atoms with Crippen LogP contribution in [-0.2, 0) is 12.1 Å². The number of Topliss-reactive ketones (excluding diaryl/α,β-unsaturated/α-hetero) is 1. The summed E-state index contributed by atoms with van der Waals surface area (Å²) in [6, 6.07) is 14.0. The number of rotatable bonds is 1. The highest BCUT2D eigenvalue weighted by molar-refractivity contribution is 6.04. The zero-order valence-electron chi connectivity index (χ0n) is 13.1. The summed E-state index contributed by atoms with van der Waals surface area (Å²) < 4.78 is 6.11. The molecule has 22 heavy (non-hydrogen) atoms. The summed E-state index contributed by atoms with van der Waals surface area (Å²) in [5.41, 5.74) is 3.01. The molecule has 0 amide bonds. The second-order valence-electron chi connectivity index (χ2n) is 7.02. The number of ketones is 1. The van der Waals surface area contributed by atoms with Gasteiger partial charge in [0.2, 0.25) is 5.72 Å². The Labute approximate surface area is 130 Å². The van der Waals surface area contributed by atoms with Crippen molar-refractivity contribution < 1.29 is 9.53 Å². The predicted molar refractivity (Wildman–Crippen MR) is 86.3 cm³/mol. The lowest BCUT2D eigenvalue weighted by Gasteiger charge is -2.25. The fourth-order valence-electron chi connectivity index (χ4n) is 3.45. The number of carbonyl (C=O) groups is 1. The van der Waals surface area contributed by atoms with E-state index in [0.29, 0.717) is 0 Å². The van der Waals surface area contributed by atoms with Crippen LogP contribution in [0, 0.1) is 5.41 Å². The van der Waals surface area contributed by atoms with Crippen LogP contribution in [0.2, 0.25) is 0 Å². The van der Waals surface area contributed by atoms with Gasteiger partial charge in [0, 0.05) is 16.5 Å². The molecule has 2 aromatic carbocycles. The Kier molecular flexibility index (Phi) is 2.51. The Morgan fingerprint density at radius 1 is 1.09 bits per heavy atom. The van der Waals surface area contributed by atoms with Crippen LogP contribution in [0.3, 0.4) is 0 Å². The molecule has 0 aromatic heterocycles. The molecule has 1 aliphatic heterocycles. The first-order valence-electron chi connectivity index (χ1n) is 7.63. The number of carbonyl (C=O) groups excluding carboxylic acids is 1. The number of nitrogens with one attached hydrogen (secondary N) is 1. The molecular formula is C19H19NO2. The molecule has 2 aliphatic rings. The van der Waals surface area contributed by atoms with Gasteiger partial charge < -0.3 is 10.1 Å². The minimum atomic E-state index is -0.633. The molecule has 2 aromatic rings. The first kappa shape index (κ1) is 13.4. The third-order valence-electron chi connectivity index (χ3n) is 4.73. The van der Waals surface area contributed by atoms with E-state index in [1.54, 1.807) is 0 Å². The zero-order chi connectivity index (χ0) is 15.5. The number of para-hydroxylation sites is 2. The molecule has 1 atom stereocenters. The molecule has 0 fully saturated rings. The highest BCUT2D eigenvalue weighted by Crippen LogP contribution is 2.43. The lowest BCUT2D eigenvalue weighted by Crippen LogP contribution is -2.33. The van der Waals surface area contributed by atoms with Gasteiger partial charge in [-0.25, -0.2) is 0 Å². The van der Waals surface area contributed by atoms with Gasteiger partial charge in [0.15, 0.2) is 5.78 Å². The summed E-state index contributed by atoms with van der Waals surface area (Å²) in [5.74, 6) is 1.07. The lowest BCUT2D eigenvalue weighted by molar-refractivity contribution is 0.0863. The summed E-state index contributed by atoms with van der Waals surface area (Å²) in [7, 11) is 0. The van der Waals surface area contributed by atoms with Gasteiger partial charge in [-0.3, -0.25) is 4.79 Å². The molecule has 0 saturated carbocycles. The van der Waals surface area contributed by atoms with E-state index in [4.69, 9.17) is 4.74 Å². The first-order chi connectivity index (χ1) is 10.4. The average Bonchev–Trinajstić information content (AvgIpc) is 2.94. The van der Waals surface area contributed by atoms with Crippen molar-refractivity contribution in [3.8, 4) is 5.75 Å². The lowest BCUT2D eigenvalue weighted by atomic mass is 9.89. The quantitative estimate of drug-likeness (QED) is 0.859. The molecular weight excluding hydrogens is 274 g/mol. The van der Waals surface area contributed by atoms with Crippen LogP contribution < -0.4 is 10.1 Å². The number of anilines is 1. The Hall–Kier alpha value is -2.29. The molecule has 0 spiro atoms. The van der Waals surface area contributed by atoms with Crippen molar-refractivity contribution in [3.63, 3.8) is 0 Å². The second kappa shape index (κ2) is 4.13. The summed E-state index contributed by atoms with van der Waals surface area (Å²) in [6.07, 6.45) is 0.812. The van der Waals surface area contributed by atoms with E-state index >= 15 is 0 Å². The largest absolute Gasteiger partial charge is 0.462 e. The van der Waals surface area contributed by atoms with Gasteiger partial charge in [-0.15, -0.1) is 0 Å². The van der Waals surface area contributed by atoms with Crippen molar-refractivity contribution in [2.75, 3.05) is 5.32 Å². The third kappa shape index (κ3) is 1.78. The van der Waals surface area contributed by atoms with Crippen molar-refractivity contribution >= 4 is 11.5 Å².